The monoisotopic (exact) mass is 524 g/mol. The van der Waals surface area contributed by atoms with Crippen LogP contribution >= 0.6 is 0 Å². The second-order valence-electron chi connectivity index (χ2n) is 9.43. The van der Waals surface area contributed by atoms with Crippen molar-refractivity contribution in [1.82, 2.24) is 34.0 Å². The Kier molecular flexibility index (Phi) is 8.10. The van der Waals surface area contributed by atoms with Gasteiger partial charge in [0.25, 0.3) is 0 Å². The van der Waals surface area contributed by atoms with E-state index < -0.39 is 0 Å². The molecule has 0 amide bonds. The molecule has 1 aliphatic heterocycles. The zero-order valence-corrected chi connectivity index (χ0v) is 22.5. The van der Waals surface area contributed by atoms with Crippen LogP contribution in [-0.4, -0.2) is 74.5 Å². The van der Waals surface area contributed by atoms with Gasteiger partial charge in [0, 0.05) is 55.8 Å². The number of likely N-dealkylation sites (tertiary alicyclic amines) is 1. The van der Waals surface area contributed by atoms with Crippen molar-refractivity contribution in [3.8, 4) is 34.5 Å². The van der Waals surface area contributed by atoms with Crippen LogP contribution in [0.25, 0.3) is 39.1 Å². The summed E-state index contributed by atoms with van der Waals surface area (Å²) in [5.74, 6) is 0. The molecule has 10 nitrogen and oxygen atoms in total. The molecule has 5 aromatic rings. The van der Waals surface area contributed by atoms with Crippen LogP contribution in [0.1, 0.15) is 24.8 Å². The van der Waals surface area contributed by atoms with Crippen LogP contribution in [0.5, 0.6) is 6.01 Å². The molecule has 0 aliphatic carbocycles. The van der Waals surface area contributed by atoms with Gasteiger partial charge in [-0.15, -0.1) is 0 Å². The fourth-order valence-electron chi connectivity index (χ4n) is 4.86. The van der Waals surface area contributed by atoms with Gasteiger partial charge in [0.2, 0.25) is 0 Å². The van der Waals surface area contributed by atoms with Gasteiger partial charge in [0.05, 0.1) is 42.8 Å². The van der Waals surface area contributed by atoms with E-state index >= 15 is 0 Å². The van der Waals surface area contributed by atoms with Gasteiger partial charge >= 0.3 is 6.01 Å². The average molecular weight is 525 g/mol. The summed E-state index contributed by atoms with van der Waals surface area (Å²) >= 11 is 0. The lowest BCUT2D eigenvalue weighted by atomic mass is 10.00. The average Bonchev–Trinajstić information content (AvgIpc) is 3.63. The number of aromatic nitrogens is 6. The zero-order valence-electron chi connectivity index (χ0n) is 22.5. The summed E-state index contributed by atoms with van der Waals surface area (Å²) in [6.07, 6.45) is 11.3. The molecule has 0 unspecified atom stereocenters. The number of pyridine rings is 1. The molecule has 5 heterocycles. The topological polar surface area (TPSA) is 106 Å². The number of hydrogen-bond donors (Lipinski definition) is 0. The van der Waals surface area contributed by atoms with Gasteiger partial charge in [-0.1, -0.05) is 18.6 Å². The van der Waals surface area contributed by atoms with Crippen molar-refractivity contribution in [2.45, 2.75) is 19.3 Å². The Morgan fingerprint density at radius 2 is 1.77 bits per heavy atom. The maximum atomic E-state index is 9.11. The molecule has 1 aliphatic rings. The standard InChI is InChI=1S/C21H15N7O.C8H17NO/c1-27-19-16(12-25-27)9-15(11-24-19)17-18(14-5-3-13(10-22)4-6-14)26-21(29-2)28-8-7-23-20(17)28;1-10-8-7-9-5-3-2-4-6-9/h3-9,11-12H,1-2H3;2-8H2,1H3. The van der Waals surface area contributed by atoms with Gasteiger partial charge in [-0.05, 0) is 44.1 Å². The minimum Gasteiger partial charge on any atom is -0.468 e. The van der Waals surface area contributed by atoms with E-state index in [2.05, 4.69) is 26.0 Å². The fraction of sp³-hybridized carbons (Fsp3) is 0.345. The molecule has 4 aromatic heterocycles. The number of nitriles is 1. The second kappa shape index (κ2) is 12.0. The molecule has 0 spiro atoms. The molecule has 200 valence electrons. The molecular weight excluding hydrogens is 492 g/mol. The highest BCUT2D eigenvalue weighted by Gasteiger charge is 2.20. The Bertz CT molecular complexity index is 1590. The Morgan fingerprint density at radius 1 is 0.974 bits per heavy atom. The van der Waals surface area contributed by atoms with Crippen molar-refractivity contribution in [3.05, 3.63) is 60.7 Å². The quantitative estimate of drug-likeness (QED) is 0.323. The predicted octanol–water partition coefficient (Wildman–Crippen LogP) is 4.34. The van der Waals surface area contributed by atoms with Crippen LogP contribution in [-0.2, 0) is 11.8 Å². The number of imidazole rings is 1. The number of methoxy groups -OCH3 is 2. The molecule has 0 saturated carbocycles. The van der Waals surface area contributed by atoms with Crippen LogP contribution in [0.4, 0.5) is 0 Å². The highest BCUT2D eigenvalue weighted by Crippen LogP contribution is 2.36. The summed E-state index contributed by atoms with van der Waals surface area (Å²) in [5.41, 5.74) is 5.36. The summed E-state index contributed by atoms with van der Waals surface area (Å²) in [4.78, 5) is 16.4. The first-order valence-electron chi connectivity index (χ1n) is 13.0. The lowest BCUT2D eigenvalue weighted by Crippen LogP contribution is -2.32. The summed E-state index contributed by atoms with van der Waals surface area (Å²) in [6, 6.07) is 11.9. The number of fused-ring (bicyclic) bond motifs is 2. The highest BCUT2D eigenvalue weighted by molar-refractivity contribution is 5.93. The maximum Gasteiger partial charge on any atom is 0.302 e. The largest absolute Gasteiger partial charge is 0.468 e. The summed E-state index contributed by atoms with van der Waals surface area (Å²) in [6.45, 7) is 4.57. The summed E-state index contributed by atoms with van der Waals surface area (Å²) in [7, 11) is 5.20. The number of piperidine rings is 1. The Labute approximate surface area is 227 Å². The predicted molar refractivity (Wildman–Crippen MR) is 149 cm³/mol. The van der Waals surface area contributed by atoms with Crippen molar-refractivity contribution in [2.24, 2.45) is 7.05 Å². The van der Waals surface area contributed by atoms with E-state index in [1.54, 1.807) is 54.0 Å². The fourth-order valence-corrected chi connectivity index (χ4v) is 4.86. The van der Waals surface area contributed by atoms with E-state index in [4.69, 9.17) is 19.7 Å². The molecule has 1 aromatic carbocycles. The summed E-state index contributed by atoms with van der Waals surface area (Å²) in [5, 5.41) is 14.3. The number of rotatable bonds is 6. The van der Waals surface area contributed by atoms with Crippen LogP contribution in [0.3, 0.4) is 0 Å². The smallest absolute Gasteiger partial charge is 0.302 e. The lowest BCUT2D eigenvalue weighted by molar-refractivity contribution is 0.135. The van der Waals surface area contributed by atoms with Gasteiger partial charge < -0.3 is 14.4 Å². The minimum absolute atomic E-state index is 0.427. The van der Waals surface area contributed by atoms with E-state index in [1.165, 1.54) is 32.4 Å². The molecule has 0 bridgehead atoms. The molecule has 10 heteroatoms. The van der Waals surface area contributed by atoms with Crippen molar-refractivity contribution < 1.29 is 9.47 Å². The van der Waals surface area contributed by atoms with Crippen molar-refractivity contribution in [1.29, 1.82) is 5.26 Å². The molecule has 0 atom stereocenters. The molecule has 39 heavy (non-hydrogen) atoms. The third-order valence-electron chi connectivity index (χ3n) is 6.91. The van der Waals surface area contributed by atoms with E-state index in [0.717, 1.165) is 40.9 Å². The number of nitrogens with zero attached hydrogens (tertiary/aromatic N) is 8. The van der Waals surface area contributed by atoms with Crippen molar-refractivity contribution in [2.75, 3.05) is 40.5 Å². The van der Waals surface area contributed by atoms with Crippen LogP contribution in [0, 0.1) is 11.3 Å². The number of aryl methyl sites for hydroxylation is 1. The van der Waals surface area contributed by atoms with Gasteiger partial charge in [0.1, 0.15) is 0 Å². The maximum absolute atomic E-state index is 9.11. The Morgan fingerprint density at radius 3 is 2.49 bits per heavy atom. The van der Waals surface area contributed by atoms with E-state index in [1.807, 2.05) is 31.4 Å². The minimum atomic E-state index is 0.427. The first-order chi connectivity index (χ1) is 19.1. The normalized spacial score (nSPS) is 13.7. The number of ether oxygens (including phenoxy) is 2. The number of benzene rings is 1. The molecule has 6 rings (SSSR count). The second-order valence-corrected chi connectivity index (χ2v) is 9.43. The molecule has 0 radical (unpaired) electrons. The molecular formula is C29H32N8O2. The third-order valence-corrected chi connectivity index (χ3v) is 6.91. The third kappa shape index (κ3) is 5.60. The van der Waals surface area contributed by atoms with Gasteiger partial charge in [-0.2, -0.15) is 15.3 Å². The van der Waals surface area contributed by atoms with Crippen molar-refractivity contribution >= 4 is 16.7 Å². The molecule has 1 saturated heterocycles. The van der Waals surface area contributed by atoms with Gasteiger partial charge in [-0.3, -0.25) is 9.08 Å². The van der Waals surface area contributed by atoms with Crippen molar-refractivity contribution in [3.63, 3.8) is 0 Å². The van der Waals surface area contributed by atoms with Gasteiger partial charge in [0.15, 0.2) is 11.3 Å². The van der Waals surface area contributed by atoms with E-state index in [-0.39, 0.29) is 0 Å². The highest BCUT2D eigenvalue weighted by atomic mass is 16.5. The van der Waals surface area contributed by atoms with Crippen LogP contribution < -0.4 is 4.74 Å². The lowest BCUT2D eigenvalue weighted by Gasteiger charge is -2.25. The molecule has 1 fully saturated rings. The van der Waals surface area contributed by atoms with E-state index in [9.17, 15) is 0 Å². The first-order valence-corrected chi connectivity index (χ1v) is 13.0. The zero-order chi connectivity index (χ0) is 27.2. The Hall–Kier alpha value is -4.33. The number of hydrogen-bond acceptors (Lipinski definition) is 8. The van der Waals surface area contributed by atoms with Gasteiger partial charge in [-0.25, -0.2) is 9.97 Å². The Balaban J connectivity index is 0.000000261. The first kappa shape index (κ1) is 26.3. The van der Waals surface area contributed by atoms with Crippen LogP contribution in [0.2, 0.25) is 0 Å². The SMILES string of the molecule is COCCN1CCCCC1.COc1nc(-c2ccc(C#N)cc2)c(-c2cnc3c(cnn3C)c2)c2nccn12. The van der Waals surface area contributed by atoms with E-state index in [0.29, 0.717) is 22.9 Å². The molecule has 0 N–H and O–H groups in total. The van der Waals surface area contributed by atoms with Crippen LogP contribution in [0.15, 0.2) is 55.1 Å². The summed E-state index contributed by atoms with van der Waals surface area (Å²) < 4.78 is 14.0.